The van der Waals surface area contributed by atoms with Gasteiger partial charge in [-0.2, -0.15) is 0 Å². The van der Waals surface area contributed by atoms with Crippen LogP contribution in [0.2, 0.25) is 0 Å². The number of hydrogen-bond donors (Lipinski definition) is 3. The maximum atomic E-state index is 5.77. The molecule has 0 saturated carbocycles. The summed E-state index contributed by atoms with van der Waals surface area (Å²) in [5.74, 6) is 0. The van der Waals surface area contributed by atoms with Crippen LogP contribution in [0, 0.1) is 0 Å². The summed E-state index contributed by atoms with van der Waals surface area (Å²) >= 11 is 0. The third-order valence-corrected chi connectivity index (χ3v) is 3.41. The molecule has 5 heteroatoms. The highest BCUT2D eigenvalue weighted by Crippen LogP contribution is 2.23. The van der Waals surface area contributed by atoms with Gasteiger partial charge in [-0.05, 0) is 32.0 Å². The number of nitrogens with zero attached hydrogens (tertiary/aromatic N) is 2. The molecule has 108 valence electrons. The second-order valence-electron chi connectivity index (χ2n) is 5.76. The zero-order chi connectivity index (χ0) is 14.9. The molecular weight excluding hydrogens is 262 g/mol. The quantitative estimate of drug-likeness (QED) is 0.687. The molecule has 21 heavy (non-hydrogen) atoms. The van der Waals surface area contributed by atoms with Crippen LogP contribution < -0.4 is 11.1 Å². The Hall–Kier alpha value is -2.40. The van der Waals surface area contributed by atoms with Crippen molar-refractivity contribution >= 4 is 16.9 Å². The highest BCUT2D eigenvalue weighted by atomic mass is 15.0. The van der Waals surface area contributed by atoms with E-state index in [-0.39, 0.29) is 5.54 Å². The van der Waals surface area contributed by atoms with E-state index in [1.165, 1.54) is 0 Å². The van der Waals surface area contributed by atoms with Crippen molar-refractivity contribution in [2.45, 2.75) is 19.4 Å². The molecule has 3 rings (SSSR count). The molecule has 0 bridgehead atoms. The smallest absolute Gasteiger partial charge is 0.156 e. The Kier molecular flexibility index (Phi) is 3.35. The molecule has 2 heterocycles. The standard InChI is InChI=1S/C16H19N5/c1-16(2,10-17)21-12-5-3-4-11(8-12)14-9-19-15-13(20-14)6-7-18-15/h3-9,21H,10,17H2,1-2H3,(H,18,19). The maximum absolute atomic E-state index is 5.77. The number of nitrogens with one attached hydrogen (secondary N) is 2. The number of aromatic amines is 1. The molecule has 0 aliphatic carbocycles. The van der Waals surface area contributed by atoms with E-state index in [9.17, 15) is 0 Å². The number of fused-ring (bicyclic) bond motifs is 1. The molecule has 5 nitrogen and oxygen atoms in total. The lowest BCUT2D eigenvalue weighted by atomic mass is 10.0. The Morgan fingerprint density at radius 3 is 2.95 bits per heavy atom. The minimum Gasteiger partial charge on any atom is -0.379 e. The van der Waals surface area contributed by atoms with Crippen molar-refractivity contribution in [2.24, 2.45) is 5.73 Å². The van der Waals surface area contributed by atoms with Crippen LogP contribution in [0.3, 0.4) is 0 Å². The van der Waals surface area contributed by atoms with Gasteiger partial charge in [0.15, 0.2) is 5.65 Å². The summed E-state index contributed by atoms with van der Waals surface area (Å²) in [4.78, 5) is 12.0. The normalized spacial score (nSPS) is 11.8. The molecule has 0 aliphatic heterocycles. The first-order chi connectivity index (χ1) is 10.1. The van der Waals surface area contributed by atoms with E-state index in [1.54, 1.807) is 6.20 Å². The fraction of sp³-hybridized carbons (Fsp3) is 0.250. The van der Waals surface area contributed by atoms with Crippen LogP contribution in [-0.2, 0) is 0 Å². The monoisotopic (exact) mass is 281 g/mol. The Bertz CT molecular complexity index is 760. The molecule has 0 atom stereocenters. The van der Waals surface area contributed by atoms with Gasteiger partial charge in [0.05, 0.1) is 11.9 Å². The largest absolute Gasteiger partial charge is 0.379 e. The summed E-state index contributed by atoms with van der Waals surface area (Å²) in [6, 6.07) is 10.1. The average molecular weight is 281 g/mol. The topological polar surface area (TPSA) is 79.6 Å². The van der Waals surface area contributed by atoms with Crippen molar-refractivity contribution in [1.29, 1.82) is 0 Å². The number of hydrogen-bond acceptors (Lipinski definition) is 4. The maximum Gasteiger partial charge on any atom is 0.156 e. The van der Waals surface area contributed by atoms with Gasteiger partial charge in [-0.1, -0.05) is 12.1 Å². The molecule has 4 N–H and O–H groups in total. The summed E-state index contributed by atoms with van der Waals surface area (Å²) in [6.45, 7) is 4.71. The number of benzene rings is 1. The van der Waals surface area contributed by atoms with Gasteiger partial charge in [0.25, 0.3) is 0 Å². The van der Waals surface area contributed by atoms with Gasteiger partial charge in [0.1, 0.15) is 5.52 Å². The number of anilines is 1. The van der Waals surface area contributed by atoms with Crippen molar-refractivity contribution < 1.29 is 0 Å². The summed E-state index contributed by atoms with van der Waals surface area (Å²) < 4.78 is 0. The SMILES string of the molecule is CC(C)(CN)Nc1cccc(-c2cnc3[nH]ccc3n2)c1. The van der Waals surface area contributed by atoms with E-state index in [2.05, 4.69) is 40.2 Å². The molecule has 0 fully saturated rings. The van der Waals surface area contributed by atoms with E-state index < -0.39 is 0 Å². The van der Waals surface area contributed by atoms with E-state index >= 15 is 0 Å². The lowest BCUT2D eigenvalue weighted by molar-refractivity contribution is 0.580. The minimum absolute atomic E-state index is 0.144. The van der Waals surface area contributed by atoms with Crippen LogP contribution in [0.15, 0.2) is 42.7 Å². The Morgan fingerprint density at radius 2 is 2.14 bits per heavy atom. The van der Waals surface area contributed by atoms with Gasteiger partial charge in [-0.25, -0.2) is 9.97 Å². The zero-order valence-corrected chi connectivity index (χ0v) is 12.2. The molecule has 0 saturated heterocycles. The summed E-state index contributed by atoms with van der Waals surface area (Å²) in [6.07, 6.45) is 3.63. The second-order valence-corrected chi connectivity index (χ2v) is 5.76. The van der Waals surface area contributed by atoms with Gasteiger partial charge in [0.2, 0.25) is 0 Å². The number of rotatable bonds is 4. The molecule has 0 radical (unpaired) electrons. The number of nitrogens with two attached hydrogens (primary N) is 1. The molecule has 0 amide bonds. The van der Waals surface area contributed by atoms with Crippen molar-refractivity contribution in [3.63, 3.8) is 0 Å². The third-order valence-electron chi connectivity index (χ3n) is 3.41. The summed E-state index contributed by atoms with van der Waals surface area (Å²) in [7, 11) is 0. The molecule has 0 unspecified atom stereocenters. The van der Waals surface area contributed by atoms with Gasteiger partial charge < -0.3 is 16.0 Å². The van der Waals surface area contributed by atoms with Crippen molar-refractivity contribution in [3.05, 3.63) is 42.7 Å². The molecule has 1 aromatic carbocycles. The lowest BCUT2D eigenvalue weighted by Crippen LogP contribution is -2.39. The Balaban J connectivity index is 1.95. The van der Waals surface area contributed by atoms with Crippen LogP contribution in [0.5, 0.6) is 0 Å². The summed E-state index contributed by atoms with van der Waals surface area (Å²) in [5, 5.41) is 3.43. The third kappa shape index (κ3) is 2.87. The van der Waals surface area contributed by atoms with Crippen molar-refractivity contribution in [3.8, 4) is 11.3 Å². The van der Waals surface area contributed by atoms with Gasteiger partial charge >= 0.3 is 0 Å². The first-order valence-electron chi connectivity index (χ1n) is 6.96. The number of H-pyrrole nitrogens is 1. The van der Waals surface area contributed by atoms with Gasteiger partial charge in [-0.3, -0.25) is 0 Å². The van der Waals surface area contributed by atoms with E-state index in [0.29, 0.717) is 6.54 Å². The molecule has 0 aliphatic rings. The second kappa shape index (κ2) is 5.18. The Morgan fingerprint density at radius 1 is 1.29 bits per heavy atom. The average Bonchev–Trinajstić information content (AvgIpc) is 2.94. The summed E-state index contributed by atoms with van der Waals surface area (Å²) in [5.41, 5.74) is 10.2. The van der Waals surface area contributed by atoms with Crippen LogP contribution in [0.1, 0.15) is 13.8 Å². The van der Waals surface area contributed by atoms with Gasteiger partial charge in [0, 0.05) is 29.5 Å². The fourth-order valence-electron chi connectivity index (χ4n) is 2.17. The predicted molar refractivity (Wildman–Crippen MR) is 86.1 cm³/mol. The molecule has 2 aromatic heterocycles. The first kappa shape index (κ1) is 13.6. The van der Waals surface area contributed by atoms with Crippen LogP contribution in [0.4, 0.5) is 5.69 Å². The molecule has 3 aromatic rings. The van der Waals surface area contributed by atoms with Crippen molar-refractivity contribution in [1.82, 2.24) is 15.0 Å². The zero-order valence-electron chi connectivity index (χ0n) is 12.2. The van der Waals surface area contributed by atoms with E-state index in [4.69, 9.17) is 5.73 Å². The molecule has 0 spiro atoms. The lowest BCUT2D eigenvalue weighted by Gasteiger charge is -2.25. The minimum atomic E-state index is -0.144. The predicted octanol–water partition coefficient (Wildman–Crippen LogP) is 2.77. The first-order valence-corrected chi connectivity index (χ1v) is 6.96. The van der Waals surface area contributed by atoms with Gasteiger partial charge in [-0.15, -0.1) is 0 Å². The van der Waals surface area contributed by atoms with Crippen molar-refractivity contribution in [2.75, 3.05) is 11.9 Å². The highest BCUT2D eigenvalue weighted by molar-refractivity contribution is 5.75. The van der Waals surface area contributed by atoms with Crippen LogP contribution >= 0.6 is 0 Å². The van der Waals surface area contributed by atoms with E-state index in [0.717, 1.165) is 28.1 Å². The fourth-order valence-corrected chi connectivity index (χ4v) is 2.17. The number of aromatic nitrogens is 3. The van der Waals surface area contributed by atoms with Crippen LogP contribution in [0.25, 0.3) is 22.4 Å². The van der Waals surface area contributed by atoms with Crippen LogP contribution in [-0.4, -0.2) is 27.0 Å². The molecular formula is C16H19N5. The highest BCUT2D eigenvalue weighted by Gasteiger charge is 2.15. The van der Waals surface area contributed by atoms with E-state index in [1.807, 2.05) is 30.5 Å². The Labute approximate surface area is 123 Å².